The summed E-state index contributed by atoms with van der Waals surface area (Å²) in [5, 5.41) is 3.09. The summed E-state index contributed by atoms with van der Waals surface area (Å²) in [5.74, 6) is 0.778. The van der Waals surface area contributed by atoms with Gasteiger partial charge in [0.15, 0.2) is 0 Å². The Morgan fingerprint density at radius 3 is 3.04 bits per heavy atom. The average Bonchev–Trinajstić information content (AvgIpc) is 3.10. The zero-order chi connectivity index (χ0) is 18.6. The number of benzene rings is 1. The Hall–Kier alpha value is -1.69. The van der Waals surface area contributed by atoms with Crippen LogP contribution < -0.4 is 5.32 Å². The molecule has 1 aromatic carbocycles. The highest BCUT2D eigenvalue weighted by molar-refractivity contribution is 7.14. The first-order chi connectivity index (χ1) is 13.2. The van der Waals surface area contributed by atoms with Crippen LogP contribution in [0.4, 0.5) is 0 Å². The van der Waals surface area contributed by atoms with Crippen molar-refractivity contribution in [1.29, 1.82) is 0 Å². The highest BCUT2D eigenvalue weighted by atomic mass is 32.1. The van der Waals surface area contributed by atoms with E-state index in [0.29, 0.717) is 6.54 Å². The van der Waals surface area contributed by atoms with Gasteiger partial charge in [-0.1, -0.05) is 37.3 Å². The van der Waals surface area contributed by atoms with E-state index in [1.54, 1.807) is 11.3 Å². The van der Waals surface area contributed by atoms with E-state index in [1.807, 2.05) is 6.07 Å². The van der Waals surface area contributed by atoms with Crippen LogP contribution in [0.15, 0.2) is 36.4 Å². The van der Waals surface area contributed by atoms with Gasteiger partial charge in [0.2, 0.25) is 0 Å². The Balaban J connectivity index is 1.28. The minimum Gasteiger partial charge on any atom is -0.374 e. The molecule has 0 bridgehead atoms. The van der Waals surface area contributed by atoms with Crippen molar-refractivity contribution >= 4 is 17.2 Å². The molecule has 4 nitrogen and oxygen atoms in total. The smallest absolute Gasteiger partial charge is 0.261 e. The first-order valence-electron chi connectivity index (χ1n) is 9.95. The Labute approximate surface area is 165 Å². The van der Waals surface area contributed by atoms with Gasteiger partial charge in [-0.2, -0.15) is 0 Å². The predicted molar refractivity (Wildman–Crippen MR) is 109 cm³/mol. The van der Waals surface area contributed by atoms with Gasteiger partial charge in [0.05, 0.1) is 17.6 Å². The zero-order valence-corrected chi connectivity index (χ0v) is 16.8. The van der Waals surface area contributed by atoms with Crippen LogP contribution in [-0.4, -0.2) is 43.2 Å². The van der Waals surface area contributed by atoms with Crippen molar-refractivity contribution in [3.05, 3.63) is 57.3 Å². The standard InChI is InChI=1S/C22H28N2O2S/c1-16-7-8-20-18(11-16)12-21(27-20)22(25)23-13-19-15-24(9-10-26-19)14-17-5-3-2-4-6-17/h2-6,12,16,19H,7-11,13-15H2,1H3,(H,23,25). The molecule has 1 aliphatic carbocycles. The number of carbonyl (C=O) groups excluding carboxylic acids is 1. The van der Waals surface area contributed by atoms with Crippen LogP contribution in [0.5, 0.6) is 0 Å². The number of rotatable bonds is 5. The van der Waals surface area contributed by atoms with Gasteiger partial charge in [-0.25, -0.2) is 0 Å². The molecule has 0 spiro atoms. The van der Waals surface area contributed by atoms with Gasteiger partial charge in [-0.05, 0) is 42.4 Å². The number of ether oxygens (including phenoxy) is 1. The number of nitrogens with one attached hydrogen (secondary N) is 1. The lowest BCUT2D eigenvalue weighted by Crippen LogP contribution is -2.47. The Kier molecular flexibility index (Phi) is 5.91. The number of hydrogen-bond acceptors (Lipinski definition) is 4. The van der Waals surface area contributed by atoms with Crippen molar-refractivity contribution in [3.63, 3.8) is 0 Å². The van der Waals surface area contributed by atoms with Gasteiger partial charge in [-0.3, -0.25) is 9.69 Å². The quantitative estimate of drug-likeness (QED) is 0.858. The Bertz CT molecular complexity index is 774. The third-order valence-corrected chi connectivity index (χ3v) is 6.75. The first-order valence-corrected chi connectivity index (χ1v) is 10.8. The summed E-state index contributed by atoms with van der Waals surface area (Å²) in [6.45, 7) is 6.32. The van der Waals surface area contributed by atoms with Crippen LogP contribution in [0.3, 0.4) is 0 Å². The summed E-state index contributed by atoms with van der Waals surface area (Å²) in [6.07, 6.45) is 3.52. The van der Waals surface area contributed by atoms with Crippen molar-refractivity contribution in [2.24, 2.45) is 5.92 Å². The number of hydrogen-bond donors (Lipinski definition) is 1. The molecule has 1 amide bonds. The van der Waals surface area contributed by atoms with Crippen molar-refractivity contribution in [2.45, 2.75) is 38.8 Å². The van der Waals surface area contributed by atoms with Crippen LogP contribution >= 0.6 is 11.3 Å². The third-order valence-electron chi connectivity index (χ3n) is 5.52. The fourth-order valence-electron chi connectivity index (χ4n) is 4.00. The highest BCUT2D eigenvalue weighted by Crippen LogP contribution is 2.32. The molecule has 2 heterocycles. The van der Waals surface area contributed by atoms with Crippen molar-refractivity contribution < 1.29 is 9.53 Å². The molecule has 27 heavy (non-hydrogen) atoms. The Morgan fingerprint density at radius 2 is 2.19 bits per heavy atom. The second-order valence-corrected chi connectivity index (χ2v) is 8.97. The fourth-order valence-corrected chi connectivity index (χ4v) is 5.13. The second-order valence-electron chi connectivity index (χ2n) is 7.83. The van der Waals surface area contributed by atoms with Gasteiger partial charge in [0.1, 0.15) is 0 Å². The summed E-state index contributed by atoms with van der Waals surface area (Å²) < 4.78 is 5.87. The number of fused-ring (bicyclic) bond motifs is 1. The van der Waals surface area contributed by atoms with E-state index in [9.17, 15) is 4.79 Å². The van der Waals surface area contributed by atoms with Crippen LogP contribution in [0.25, 0.3) is 0 Å². The summed E-state index contributed by atoms with van der Waals surface area (Å²) in [7, 11) is 0. The van der Waals surface area contributed by atoms with Crippen LogP contribution in [-0.2, 0) is 24.1 Å². The number of amides is 1. The number of morpholine rings is 1. The van der Waals surface area contributed by atoms with Crippen molar-refractivity contribution in [3.8, 4) is 0 Å². The van der Waals surface area contributed by atoms with E-state index in [1.165, 1.54) is 22.4 Å². The maximum atomic E-state index is 12.6. The van der Waals surface area contributed by atoms with Gasteiger partial charge >= 0.3 is 0 Å². The fraction of sp³-hybridized carbons (Fsp3) is 0.500. The van der Waals surface area contributed by atoms with E-state index in [0.717, 1.165) is 49.9 Å². The third kappa shape index (κ3) is 4.78. The monoisotopic (exact) mass is 384 g/mol. The van der Waals surface area contributed by atoms with E-state index < -0.39 is 0 Å². The average molecular weight is 385 g/mol. The minimum absolute atomic E-state index is 0.0471. The van der Waals surface area contributed by atoms with Gasteiger partial charge in [0.25, 0.3) is 5.91 Å². The predicted octanol–water partition coefficient (Wildman–Crippen LogP) is 3.50. The van der Waals surface area contributed by atoms with E-state index in [2.05, 4.69) is 47.5 Å². The van der Waals surface area contributed by atoms with Crippen LogP contribution in [0, 0.1) is 5.92 Å². The number of aryl methyl sites for hydroxylation is 1. The van der Waals surface area contributed by atoms with Crippen LogP contribution in [0.1, 0.15) is 39.0 Å². The summed E-state index contributed by atoms with van der Waals surface area (Å²) in [6, 6.07) is 12.6. The summed E-state index contributed by atoms with van der Waals surface area (Å²) in [4.78, 5) is 17.2. The highest BCUT2D eigenvalue weighted by Gasteiger charge is 2.23. The van der Waals surface area contributed by atoms with Crippen LogP contribution in [0.2, 0.25) is 0 Å². The van der Waals surface area contributed by atoms with Gasteiger partial charge < -0.3 is 10.1 Å². The first kappa shape index (κ1) is 18.7. The zero-order valence-electron chi connectivity index (χ0n) is 15.9. The normalized spacial score (nSPS) is 23.0. The number of nitrogens with zero attached hydrogens (tertiary/aromatic N) is 1. The minimum atomic E-state index is 0.0471. The molecule has 1 aliphatic heterocycles. The molecule has 0 radical (unpaired) electrons. The lowest BCUT2D eigenvalue weighted by Gasteiger charge is -2.33. The largest absolute Gasteiger partial charge is 0.374 e. The SMILES string of the molecule is CC1CCc2sc(C(=O)NCC3CN(Cc4ccccc4)CCO3)cc2C1. The molecule has 1 fully saturated rings. The Morgan fingerprint density at radius 1 is 1.33 bits per heavy atom. The van der Waals surface area contributed by atoms with E-state index >= 15 is 0 Å². The molecule has 2 unspecified atom stereocenters. The lowest BCUT2D eigenvalue weighted by atomic mass is 9.90. The maximum Gasteiger partial charge on any atom is 0.261 e. The molecular formula is C22H28N2O2S. The molecule has 2 atom stereocenters. The second kappa shape index (κ2) is 8.55. The van der Waals surface area contributed by atoms with E-state index in [-0.39, 0.29) is 12.0 Å². The molecule has 1 N–H and O–H groups in total. The maximum absolute atomic E-state index is 12.6. The lowest BCUT2D eigenvalue weighted by molar-refractivity contribution is -0.0292. The molecule has 5 heteroatoms. The molecular weight excluding hydrogens is 356 g/mol. The topological polar surface area (TPSA) is 41.6 Å². The molecule has 2 aromatic rings. The molecule has 0 saturated carbocycles. The van der Waals surface area contributed by atoms with Crippen molar-refractivity contribution in [2.75, 3.05) is 26.2 Å². The molecule has 144 valence electrons. The summed E-state index contributed by atoms with van der Waals surface area (Å²) >= 11 is 1.67. The molecule has 1 aromatic heterocycles. The van der Waals surface area contributed by atoms with Gasteiger partial charge in [0, 0.05) is 31.1 Å². The molecule has 4 rings (SSSR count). The van der Waals surface area contributed by atoms with Gasteiger partial charge in [-0.15, -0.1) is 11.3 Å². The number of carbonyl (C=O) groups is 1. The van der Waals surface area contributed by atoms with E-state index in [4.69, 9.17) is 4.74 Å². The summed E-state index contributed by atoms with van der Waals surface area (Å²) in [5.41, 5.74) is 2.70. The van der Waals surface area contributed by atoms with Crippen molar-refractivity contribution in [1.82, 2.24) is 10.2 Å². The molecule has 2 aliphatic rings. The number of thiophene rings is 1. The molecule has 1 saturated heterocycles.